The minimum atomic E-state index is 0.896. The highest BCUT2D eigenvalue weighted by Crippen LogP contribution is 2.44. The molecule has 10 aromatic rings. The minimum Gasteiger partial charge on any atom is -0.456 e. The van der Waals surface area contributed by atoms with E-state index in [9.17, 15) is 0 Å². The van der Waals surface area contributed by atoms with Gasteiger partial charge in [0.2, 0.25) is 0 Å². The number of fused-ring (bicyclic) bond motifs is 4. The fraction of sp³-hybridized carbons (Fsp3) is 0. The van der Waals surface area contributed by atoms with Crippen molar-refractivity contribution in [1.82, 2.24) is 0 Å². The lowest BCUT2D eigenvalue weighted by Gasteiger charge is -2.29. The van der Waals surface area contributed by atoms with E-state index in [1.165, 1.54) is 33.0 Å². The molecular formula is C52H35NO. The molecule has 0 saturated carbocycles. The summed E-state index contributed by atoms with van der Waals surface area (Å²) in [5.74, 6) is 0. The SMILES string of the molecule is c1ccc(-c2ccc(N(c3cccc(-c4ccccc4)c3)c3ccc(-c4ccc5oc6cc7ccccc7cc6c5c4)cc3-c3ccccc3)cc2)cc1. The van der Waals surface area contributed by atoms with Crippen LogP contribution in [0.3, 0.4) is 0 Å². The van der Waals surface area contributed by atoms with E-state index < -0.39 is 0 Å². The quantitative estimate of drug-likeness (QED) is 0.166. The van der Waals surface area contributed by atoms with E-state index >= 15 is 0 Å². The highest BCUT2D eigenvalue weighted by molar-refractivity contribution is 6.11. The lowest BCUT2D eigenvalue weighted by Crippen LogP contribution is -2.11. The van der Waals surface area contributed by atoms with E-state index in [1.54, 1.807) is 0 Å². The molecule has 0 atom stereocenters. The molecule has 254 valence electrons. The average molecular weight is 690 g/mol. The summed E-state index contributed by atoms with van der Waals surface area (Å²) < 4.78 is 6.36. The normalized spacial score (nSPS) is 11.3. The Morgan fingerprint density at radius 1 is 0.296 bits per heavy atom. The van der Waals surface area contributed by atoms with Gasteiger partial charge in [0, 0.05) is 27.7 Å². The third-order valence-electron chi connectivity index (χ3n) is 10.4. The lowest BCUT2D eigenvalue weighted by molar-refractivity contribution is 0.669. The number of hydrogen-bond acceptors (Lipinski definition) is 2. The highest BCUT2D eigenvalue weighted by atomic mass is 16.3. The van der Waals surface area contributed by atoms with Crippen LogP contribution in [0.25, 0.3) is 77.2 Å². The van der Waals surface area contributed by atoms with Crippen LogP contribution in [0.15, 0.2) is 217 Å². The number of benzene rings is 9. The van der Waals surface area contributed by atoms with Crippen LogP contribution in [0.5, 0.6) is 0 Å². The first-order valence-electron chi connectivity index (χ1n) is 18.4. The van der Waals surface area contributed by atoms with Gasteiger partial charge in [-0.3, -0.25) is 0 Å². The Bertz CT molecular complexity index is 2910. The lowest BCUT2D eigenvalue weighted by atomic mass is 9.95. The number of nitrogens with zero attached hydrogens (tertiary/aromatic N) is 1. The van der Waals surface area contributed by atoms with Gasteiger partial charge in [0.1, 0.15) is 11.2 Å². The predicted molar refractivity (Wildman–Crippen MR) is 228 cm³/mol. The number of furan rings is 1. The topological polar surface area (TPSA) is 16.4 Å². The van der Waals surface area contributed by atoms with Gasteiger partial charge in [-0.15, -0.1) is 0 Å². The predicted octanol–water partition coefficient (Wildman–Crippen LogP) is 14.9. The number of hydrogen-bond donors (Lipinski definition) is 0. The summed E-state index contributed by atoms with van der Waals surface area (Å²) in [6.45, 7) is 0. The number of rotatable bonds is 7. The largest absolute Gasteiger partial charge is 0.456 e. The minimum absolute atomic E-state index is 0.896. The van der Waals surface area contributed by atoms with Gasteiger partial charge in [0.15, 0.2) is 0 Å². The Morgan fingerprint density at radius 2 is 0.815 bits per heavy atom. The van der Waals surface area contributed by atoms with Crippen LogP contribution in [0.2, 0.25) is 0 Å². The van der Waals surface area contributed by atoms with Gasteiger partial charge in [-0.25, -0.2) is 0 Å². The Morgan fingerprint density at radius 3 is 1.54 bits per heavy atom. The fourth-order valence-electron chi connectivity index (χ4n) is 7.72. The average Bonchev–Trinajstić information content (AvgIpc) is 3.61. The summed E-state index contributed by atoms with van der Waals surface area (Å²) in [5.41, 5.74) is 14.4. The van der Waals surface area contributed by atoms with Gasteiger partial charge >= 0.3 is 0 Å². The van der Waals surface area contributed by atoms with Crippen molar-refractivity contribution in [3.63, 3.8) is 0 Å². The molecule has 0 radical (unpaired) electrons. The summed E-state index contributed by atoms with van der Waals surface area (Å²) >= 11 is 0. The maximum absolute atomic E-state index is 6.36. The van der Waals surface area contributed by atoms with Crippen molar-refractivity contribution in [3.05, 3.63) is 212 Å². The summed E-state index contributed by atoms with van der Waals surface area (Å²) in [4.78, 5) is 2.39. The molecule has 2 heteroatoms. The summed E-state index contributed by atoms with van der Waals surface area (Å²) in [7, 11) is 0. The van der Waals surface area contributed by atoms with E-state index in [-0.39, 0.29) is 0 Å². The van der Waals surface area contributed by atoms with Crippen LogP contribution in [-0.2, 0) is 0 Å². The van der Waals surface area contributed by atoms with Gasteiger partial charge in [-0.05, 0) is 110 Å². The van der Waals surface area contributed by atoms with Crippen molar-refractivity contribution in [2.45, 2.75) is 0 Å². The fourth-order valence-corrected chi connectivity index (χ4v) is 7.72. The molecule has 1 heterocycles. The summed E-state index contributed by atoms with van der Waals surface area (Å²) in [6, 6.07) is 76.0. The summed E-state index contributed by atoms with van der Waals surface area (Å²) in [6.07, 6.45) is 0. The summed E-state index contributed by atoms with van der Waals surface area (Å²) in [5, 5.41) is 4.65. The van der Waals surface area contributed by atoms with Crippen molar-refractivity contribution in [1.29, 1.82) is 0 Å². The molecule has 0 fully saturated rings. The van der Waals surface area contributed by atoms with Crippen molar-refractivity contribution in [2.24, 2.45) is 0 Å². The van der Waals surface area contributed by atoms with Crippen LogP contribution in [-0.4, -0.2) is 0 Å². The second-order valence-electron chi connectivity index (χ2n) is 13.8. The third-order valence-corrected chi connectivity index (χ3v) is 10.4. The van der Waals surface area contributed by atoms with E-state index in [2.05, 4.69) is 217 Å². The third kappa shape index (κ3) is 5.81. The standard InChI is InChI=1S/C52H35NO/c1-4-13-36(14-5-1)38-23-27-45(28-24-38)53(46-22-12-21-40(31-46)37-15-6-2-7-16-37)50-29-25-43(32-47(50)39-17-8-3-9-18-39)44-26-30-51-48(34-44)49-33-41-19-10-11-20-42(41)35-52(49)54-51/h1-35H. The molecule has 0 saturated heterocycles. The van der Waals surface area contributed by atoms with Crippen LogP contribution in [0.1, 0.15) is 0 Å². The molecule has 0 amide bonds. The molecule has 0 aliphatic heterocycles. The maximum Gasteiger partial charge on any atom is 0.136 e. The first kappa shape index (κ1) is 31.6. The van der Waals surface area contributed by atoms with E-state index in [0.717, 1.165) is 61.3 Å². The van der Waals surface area contributed by atoms with Crippen LogP contribution in [0, 0.1) is 0 Å². The van der Waals surface area contributed by atoms with Gasteiger partial charge < -0.3 is 9.32 Å². The van der Waals surface area contributed by atoms with Gasteiger partial charge in [-0.1, -0.05) is 152 Å². The van der Waals surface area contributed by atoms with Crippen molar-refractivity contribution in [2.75, 3.05) is 4.90 Å². The molecule has 9 aromatic carbocycles. The zero-order valence-corrected chi connectivity index (χ0v) is 29.6. The number of anilines is 3. The molecule has 2 nitrogen and oxygen atoms in total. The van der Waals surface area contributed by atoms with Crippen molar-refractivity contribution in [3.8, 4) is 44.5 Å². The van der Waals surface area contributed by atoms with Crippen molar-refractivity contribution >= 4 is 49.8 Å². The van der Waals surface area contributed by atoms with Gasteiger partial charge in [0.05, 0.1) is 5.69 Å². The van der Waals surface area contributed by atoms with Gasteiger partial charge in [-0.2, -0.15) is 0 Å². The maximum atomic E-state index is 6.36. The smallest absolute Gasteiger partial charge is 0.136 e. The zero-order chi connectivity index (χ0) is 35.8. The molecule has 0 aliphatic carbocycles. The van der Waals surface area contributed by atoms with E-state index in [0.29, 0.717) is 0 Å². The Balaban J connectivity index is 1.15. The second-order valence-corrected chi connectivity index (χ2v) is 13.8. The van der Waals surface area contributed by atoms with Crippen LogP contribution in [0.4, 0.5) is 17.1 Å². The Labute approximate surface area is 314 Å². The Hall–Kier alpha value is -7.16. The Kier molecular flexibility index (Phi) is 7.85. The second kappa shape index (κ2) is 13.4. The molecular weight excluding hydrogens is 655 g/mol. The van der Waals surface area contributed by atoms with E-state index in [1.807, 2.05) is 0 Å². The van der Waals surface area contributed by atoms with Crippen molar-refractivity contribution < 1.29 is 4.42 Å². The zero-order valence-electron chi connectivity index (χ0n) is 29.6. The van der Waals surface area contributed by atoms with Crippen LogP contribution < -0.4 is 4.90 Å². The highest BCUT2D eigenvalue weighted by Gasteiger charge is 2.20. The first-order chi connectivity index (χ1) is 26.7. The monoisotopic (exact) mass is 689 g/mol. The van der Waals surface area contributed by atoms with Gasteiger partial charge in [0.25, 0.3) is 0 Å². The first-order valence-corrected chi connectivity index (χ1v) is 18.4. The molecule has 0 bridgehead atoms. The molecule has 0 spiro atoms. The molecule has 0 aliphatic rings. The van der Waals surface area contributed by atoms with Crippen LogP contribution >= 0.6 is 0 Å². The molecule has 0 N–H and O–H groups in total. The molecule has 10 rings (SSSR count). The van der Waals surface area contributed by atoms with E-state index in [4.69, 9.17) is 4.42 Å². The molecule has 0 unspecified atom stereocenters. The molecule has 54 heavy (non-hydrogen) atoms. The molecule has 1 aromatic heterocycles.